The van der Waals surface area contributed by atoms with E-state index in [-0.39, 0.29) is 0 Å². The van der Waals surface area contributed by atoms with Crippen LogP contribution >= 0.6 is 0 Å². The minimum Gasteiger partial charge on any atom is -0.309 e. The van der Waals surface area contributed by atoms with Crippen molar-refractivity contribution in [3.05, 3.63) is 140 Å². The second kappa shape index (κ2) is 8.48. The van der Waals surface area contributed by atoms with E-state index in [1.807, 2.05) is 12.3 Å². The Balaban J connectivity index is 1.42. The smallest absolute Gasteiger partial charge is 0.159 e. The Morgan fingerprint density at radius 2 is 1.02 bits per heavy atom. The fourth-order valence-electron chi connectivity index (χ4n) is 6.62. The third-order valence-electron chi connectivity index (χ3n) is 8.41. The molecule has 0 saturated heterocycles. The summed E-state index contributed by atoms with van der Waals surface area (Å²) in [6.07, 6.45) is 1.82. The molecule has 0 bridgehead atoms. The number of hydrogen-bond acceptors (Lipinski definition) is 2. The van der Waals surface area contributed by atoms with Crippen molar-refractivity contribution in [1.82, 2.24) is 14.5 Å². The van der Waals surface area contributed by atoms with Crippen molar-refractivity contribution in [2.24, 2.45) is 0 Å². The molecule has 5 aromatic carbocycles. The average molecular weight is 522 g/mol. The number of rotatable bonds is 1. The van der Waals surface area contributed by atoms with Gasteiger partial charge in [-0.05, 0) is 70.3 Å². The molecule has 9 rings (SSSR count). The van der Waals surface area contributed by atoms with Crippen LogP contribution in [0.15, 0.2) is 140 Å². The summed E-state index contributed by atoms with van der Waals surface area (Å²) in [7, 11) is 0. The first kappa shape index (κ1) is 22.3. The van der Waals surface area contributed by atoms with Crippen LogP contribution in [0.25, 0.3) is 83.2 Å². The molecule has 0 N–H and O–H groups in total. The minimum atomic E-state index is 0.759. The van der Waals surface area contributed by atoms with Crippen LogP contribution in [0, 0.1) is 0 Å². The predicted octanol–water partition coefficient (Wildman–Crippen LogP) is 9.71. The van der Waals surface area contributed by atoms with Crippen LogP contribution in [-0.4, -0.2) is 14.5 Å². The number of pyridine rings is 2. The van der Waals surface area contributed by atoms with Crippen molar-refractivity contribution >= 4 is 32.8 Å². The minimum absolute atomic E-state index is 0.759. The van der Waals surface area contributed by atoms with Crippen molar-refractivity contribution in [3.8, 4) is 50.3 Å². The Bertz CT molecular complexity index is 2270. The Morgan fingerprint density at radius 3 is 1.71 bits per heavy atom. The van der Waals surface area contributed by atoms with E-state index in [4.69, 9.17) is 4.98 Å². The maximum atomic E-state index is 5.20. The molecule has 3 aromatic heterocycles. The van der Waals surface area contributed by atoms with E-state index in [1.165, 1.54) is 49.6 Å². The first-order valence-electron chi connectivity index (χ1n) is 13.9. The summed E-state index contributed by atoms with van der Waals surface area (Å²) in [5.74, 6) is 0. The predicted molar refractivity (Wildman–Crippen MR) is 169 cm³/mol. The Kier molecular flexibility index (Phi) is 4.61. The van der Waals surface area contributed by atoms with Crippen molar-refractivity contribution in [1.29, 1.82) is 0 Å². The molecule has 1 aliphatic carbocycles. The summed E-state index contributed by atoms with van der Waals surface area (Å²) in [5.41, 5.74) is 13.5. The highest BCUT2D eigenvalue weighted by Gasteiger charge is 2.24. The molecule has 0 fully saturated rings. The number of para-hydroxylation sites is 2. The number of benzene rings is 5. The van der Waals surface area contributed by atoms with Crippen molar-refractivity contribution < 1.29 is 0 Å². The van der Waals surface area contributed by atoms with Gasteiger partial charge in [0.05, 0.1) is 16.7 Å². The molecule has 1 aliphatic rings. The monoisotopic (exact) mass is 521 g/mol. The molecule has 0 amide bonds. The molecule has 41 heavy (non-hydrogen) atoms. The van der Waals surface area contributed by atoms with E-state index < -0.39 is 0 Å². The van der Waals surface area contributed by atoms with Crippen molar-refractivity contribution in [3.63, 3.8) is 0 Å². The Morgan fingerprint density at radius 1 is 0.439 bits per heavy atom. The van der Waals surface area contributed by atoms with Gasteiger partial charge in [0.2, 0.25) is 0 Å². The van der Waals surface area contributed by atoms with Crippen LogP contribution in [0.1, 0.15) is 0 Å². The molecule has 0 unspecified atom stereocenters. The van der Waals surface area contributed by atoms with Crippen molar-refractivity contribution in [2.45, 2.75) is 0 Å². The second-order valence-electron chi connectivity index (χ2n) is 10.6. The molecular weight excluding hydrogens is 498 g/mol. The lowest BCUT2D eigenvalue weighted by atomic mass is 9.82. The summed E-state index contributed by atoms with van der Waals surface area (Å²) in [6, 6.07) is 47.9. The van der Waals surface area contributed by atoms with Gasteiger partial charge in [-0.1, -0.05) is 91.0 Å². The van der Waals surface area contributed by atoms with Crippen LogP contribution in [-0.2, 0) is 0 Å². The van der Waals surface area contributed by atoms with E-state index in [2.05, 4.69) is 137 Å². The van der Waals surface area contributed by atoms with Gasteiger partial charge in [-0.3, -0.25) is 0 Å². The molecule has 3 nitrogen and oxygen atoms in total. The van der Waals surface area contributed by atoms with Crippen LogP contribution in [0.5, 0.6) is 0 Å². The van der Waals surface area contributed by atoms with Gasteiger partial charge in [-0.15, -0.1) is 0 Å². The van der Waals surface area contributed by atoms with Crippen LogP contribution in [0.4, 0.5) is 0 Å². The zero-order valence-corrected chi connectivity index (χ0v) is 22.1. The molecule has 8 aromatic rings. The van der Waals surface area contributed by atoms with Gasteiger partial charge in [0.15, 0.2) is 5.65 Å². The first-order chi connectivity index (χ1) is 20.3. The highest BCUT2D eigenvalue weighted by molar-refractivity contribution is 6.10. The normalized spacial score (nSPS) is 11.9. The average Bonchev–Trinajstić information content (AvgIpc) is 3.38. The SMILES string of the molecule is c1ccc2c(c1)-c1ccccc1-c1cc3cccnc3nc1-c1ccc(-n3c4ccccc4c4ccccc43)cc1-2. The molecule has 3 heterocycles. The molecular formula is C38H23N3. The molecule has 0 saturated carbocycles. The largest absolute Gasteiger partial charge is 0.309 e. The number of nitrogens with zero attached hydrogens (tertiary/aromatic N) is 3. The highest BCUT2D eigenvalue weighted by Crippen LogP contribution is 2.48. The van der Waals surface area contributed by atoms with E-state index in [1.54, 1.807) is 0 Å². The van der Waals surface area contributed by atoms with E-state index in [0.29, 0.717) is 0 Å². The highest BCUT2D eigenvalue weighted by atomic mass is 15.0. The summed E-state index contributed by atoms with van der Waals surface area (Å²) in [5, 5.41) is 3.56. The second-order valence-corrected chi connectivity index (χ2v) is 10.6. The third-order valence-corrected chi connectivity index (χ3v) is 8.41. The first-order valence-corrected chi connectivity index (χ1v) is 13.9. The van der Waals surface area contributed by atoms with Gasteiger partial charge >= 0.3 is 0 Å². The lowest BCUT2D eigenvalue weighted by molar-refractivity contribution is 1.18. The standard InChI is InChI=1S/C38H23N3/c1-3-13-28-26(11-1)27-12-2-4-14-29(27)34-22-24-10-9-21-39-38(24)40-37(34)32-20-19-25(23-33(28)32)41-35-17-7-5-15-30(35)31-16-6-8-18-36(31)41/h1-23H. The summed E-state index contributed by atoms with van der Waals surface area (Å²) >= 11 is 0. The summed E-state index contributed by atoms with van der Waals surface area (Å²) < 4.78 is 2.39. The maximum Gasteiger partial charge on any atom is 0.159 e. The lowest BCUT2D eigenvalue weighted by Gasteiger charge is -2.23. The summed E-state index contributed by atoms with van der Waals surface area (Å²) in [6.45, 7) is 0. The van der Waals surface area contributed by atoms with Gasteiger partial charge < -0.3 is 4.57 Å². The number of fused-ring (bicyclic) bond motifs is 12. The van der Waals surface area contributed by atoms with Gasteiger partial charge in [-0.2, -0.15) is 0 Å². The van der Waals surface area contributed by atoms with E-state index >= 15 is 0 Å². The summed E-state index contributed by atoms with van der Waals surface area (Å²) in [4.78, 5) is 9.83. The van der Waals surface area contributed by atoms with Crippen LogP contribution < -0.4 is 0 Å². The van der Waals surface area contributed by atoms with Crippen LogP contribution in [0.3, 0.4) is 0 Å². The molecule has 3 heteroatoms. The zero-order valence-electron chi connectivity index (χ0n) is 22.1. The quantitative estimate of drug-likeness (QED) is 0.215. The van der Waals surface area contributed by atoms with Gasteiger partial charge in [0.1, 0.15) is 0 Å². The number of aromatic nitrogens is 3. The maximum absolute atomic E-state index is 5.20. The van der Waals surface area contributed by atoms with E-state index in [9.17, 15) is 0 Å². The van der Waals surface area contributed by atoms with Crippen LogP contribution in [0.2, 0.25) is 0 Å². The van der Waals surface area contributed by atoms with Gasteiger partial charge in [0, 0.05) is 39.2 Å². The number of hydrogen-bond donors (Lipinski definition) is 0. The fraction of sp³-hybridized carbons (Fsp3) is 0. The molecule has 0 aliphatic heterocycles. The molecule has 0 spiro atoms. The van der Waals surface area contributed by atoms with Gasteiger partial charge in [-0.25, -0.2) is 9.97 Å². The van der Waals surface area contributed by atoms with E-state index in [0.717, 1.165) is 33.5 Å². The molecule has 0 atom stereocenters. The zero-order chi connectivity index (χ0) is 26.9. The topological polar surface area (TPSA) is 30.7 Å². The fourth-order valence-corrected chi connectivity index (χ4v) is 6.62. The third kappa shape index (κ3) is 3.20. The van der Waals surface area contributed by atoms with Gasteiger partial charge in [0.25, 0.3) is 0 Å². The Hall–Kier alpha value is -5.54. The molecule has 190 valence electrons. The molecule has 0 radical (unpaired) electrons. The van der Waals surface area contributed by atoms with Crippen molar-refractivity contribution in [2.75, 3.05) is 0 Å². The lowest BCUT2D eigenvalue weighted by Crippen LogP contribution is -2.01. The Labute approximate surface area is 237 Å².